The molecule has 0 bridgehead atoms. The highest BCUT2D eigenvalue weighted by atomic mass is 19.4. The molecule has 4 rings (SSSR count). The van der Waals surface area contributed by atoms with Crippen molar-refractivity contribution in [1.29, 1.82) is 0 Å². The van der Waals surface area contributed by atoms with Crippen LogP contribution in [0.4, 0.5) is 30.2 Å². The molecule has 3 aromatic rings. The average Bonchev–Trinajstić information content (AvgIpc) is 3.06. The van der Waals surface area contributed by atoms with Crippen molar-refractivity contribution in [3.63, 3.8) is 0 Å². The van der Waals surface area contributed by atoms with E-state index < -0.39 is 56.0 Å². The molecule has 13 heteroatoms. The van der Waals surface area contributed by atoms with Crippen LogP contribution in [-0.4, -0.2) is 27.9 Å². The average molecular weight is 461 g/mol. The number of halogens is 3. The first-order valence-electron chi connectivity index (χ1n) is 9.03. The van der Waals surface area contributed by atoms with Gasteiger partial charge in [-0.1, -0.05) is 36.4 Å². The third-order valence-electron chi connectivity index (χ3n) is 5.07. The number of amides is 1. The van der Waals surface area contributed by atoms with Gasteiger partial charge in [0, 0.05) is 23.1 Å². The minimum absolute atomic E-state index is 0.215. The van der Waals surface area contributed by atoms with E-state index >= 15 is 0 Å². The Hall–Kier alpha value is -4.55. The largest absolute Gasteiger partial charge is 0.442 e. The highest BCUT2D eigenvalue weighted by Gasteiger charge is 2.69. The molecule has 1 aliphatic heterocycles. The van der Waals surface area contributed by atoms with Crippen molar-refractivity contribution in [2.75, 3.05) is 5.32 Å². The van der Waals surface area contributed by atoms with Gasteiger partial charge in [0.15, 0.2) is 0 Å². The Labute approximate surface area is 180 Å². The summed E-state index contributed by atoms with van der Waals surface area (Å²) in [6.07, 6.45) is -5.44. The lowest BCUT2D eigenvalue weighted by Gasteiger charge is -2.29. The molecule has 1 heterocycles. The number of fused-ring (bicyclic) bond motifs is 3. The molecule has 33 heavy (non-hydrogen) atoms. The van der Waals surface area contributed by atoms with Gasteiger partial charge in [0.1, 0.15) is 0 Å². The molecular formula is C20H10F3N3O7. The number of carbonyl (C=O) groups is 2. The van der Waals surface area contributed by atoms with Crippen LogP contribution in [0.5, 0.6) is 0 Å². The molecule has 1 amide bonds. The number of nitrogens with one attached hydrogen (secondary N) is 1. The van der Waals surface area contributed by atoms with Crippen molar-refractivity contribution in [1.82, 2.24) is 0 Å². The Kier molecular flexibility index (Phi) is 4.76. The summed E-state index contributed by atoms with van der Waals surface area (Å²) in [5.74, 6) is -3.51. The van der Waals surface area contributed by atoms with Gasteiger partial charge in [-0.2, -0.15) is 13.2 Å². The third kappa shape index (κ3) is 3.30. The van der Waals surface area contributed by atoms with E-state index in [4.69, 9.17) is 0 Å². The molecular weight excluding hydrogens is 451 g/mol. The lowest BCUT2D eigenvalue weighted by molar-refractivity contribution is -0.394. The second kappa shape index (κ2) is 7.25. The molecule has 1 atom stereocenters. The molecule has 0 saturated heterocycles. The zero-order valence-corrected chi connectivity index (χ0v) is 16.1. The van der Waals surface area contributed by atoms with E-state index in [1.807, 2.05) is 0 Å². The van der Waals surface area contributed by atoms with Gasteiger partial charge in [-0.15, -0.1) is 0 Å². The van der Waals surface area contributed by atoms with Crippen LogP contribution in [0.2, 0.25) is 0 Å². The van der Waals surface area contributed by atoms with Gasteiger partial charge in [-0.05, 0) is 5.39 Å². The minimum Gasteiger partial charge on any atom is -0.430 e. The lowest BCUT2D eigenvalue weighted by Crippen LogP contribution is -2.51. The number of nitro groups is 2. The van der Waals surface area contributed by atoms with Crippen LogP contribution < -0.4 is 5.32 Å². The summed E-state index contributed by atoms with van der Waals surface area (Å²) in [7, 11) is 0. The molecule has 3 aromatic carbocycles. The van der Waals surface area contributed by atoms with Crippen LogP contribution >= 0.6 is 0 Å². The highest BCUT2D eigenvalue weighted by Crippen LogP contribution is 2.51. The number of anilines is 1. The Balaban J connectivity index is 1.88. The normalized spacial score (nSPS) is 17.4. The third-order valence-corrected chi connectivity index (χ3v) is 5.07. The molecule has 1 unspecified atom stereocenters. The maximum Gasteiger partial charge on any atom is 0.442 e. The van der Waals surface area contributed by atoms with Gasteiger partial charge in [-0.3, -0.25) is 25.0 Å². The Bertz CT molecular complexity index is 1340. The summed E-state index contributed by atoms with van der Waals surface area (Å²) >= 11 is 0. The fourth-order valence-electron chi connectivity index (χ4n) is 3.59. The van der Waals surface area contributed by atoms with E-state index in [0.29, 0.717) is 23.6 Å². The number of ether oxygens (including phenoxy) is 1. The molecule has 0 radical (unpaired) electrons. The van der Waals surface area contributed by atoms with Gasteiger partial charge < -0.3 is 10.1 Å². The summed E-state index contributed by atoms with van der Waals surface area (Å²) in [6, 6.07) is 10.1. The maximum absolute atomic E-state index is 14.3. The van der Waals surface area contributed by atoms with Gasteiger partial charge >= 0.3 is 17.7 Å². The summed E-state index contributed by atoms with van der Waals surface area (Å²) in [4.78, 5) is 45.3. The Morgan fingerprint density at radius 1 is 0.970 bits per heavy atom. The highest BCUT2D eigenvalue weighted by molar-refractivity contribution is 6.14. The minimum atomic E-state index is -5.44. The van der Waals surface area contributed by atoms with Crippen molar-refractivity contribution < 1.29 is 37.3 Å². The predicted molar refractivity (Wildman–Crippen MR) is 105 cm³/mol. The molecule has 0 spiro atoms. The lowest BCUT2D eigenvalue weighted by atomic mass is 9.92. The number of nitrogens with zero attached hydrogens (tertiary/aromatic N) is 2. The van der Waals surface area contributed by atoms with Crippen LogP contribution in [0, 0.1) is 20.2 Å². The van der Waals surface area contributed by atoms with Crippen molar-refractivity contribution in [3.8, 4) is 0 Å². The van der Waals surface area contributed by atoms with Crippen LogP contribution in [0.1, 0.15) is 15.9 Å². The van der Waals surface area contributed by atoms with E-state index in [2.05, 4.69) is 10.1 Å². The quantitative estimate of drug-likeness (QED) is 0.348. The van der Waals surface area contributed by atoms with Crippen LogP contribution in [-0.2, 0) is 15.1 Å². The first kappa shape index (κ1) is 21.7. The Morgan fingerprint density at radius 2 is 1.58 bits per heavy atom. The molecule has 0 fully saturated rings. The first-order chi connectivity index (χ1) is 15.5. The van der Waals surface area contributed by atoms with Crippen LogP contribution in [0.15, 0.2) is 54.6 Å². The SMILES string of the molecule is O=C(OC1(C(F)(F)F)C(=O)Nc2c1ccc1ccccc21)c1cc([N+](=O)[O-])cc([N+](=O)[O-])c1. The standard InChI is InChI=1S/C20H10F3N3O7/c21-20(22,23)19(15-6-5-10-3-1-2-4-14(10)16(15)24-18(19)28)33-17(27)11-7-12(25(29)30)9-13(8-11)26(31)32/h1-9H,(H,24,28). The summed E-state index contributed by atoms with van der Waals surface area (Å²) < 4.78 is 47.5. The summed E-state index contributed by atoms with van der Waals surface area (Å²) in [5.41, 5.74) is -7.41. The number of alkyl halides is 3. The van der Waals surface area contributed by atoms with E-state index in [1.54, 1.807) is 12.1 Å². The zero-order valence-electron chi connectivity index (χ0n) is 16.1. The molecule has 0 aromatic heterocycles. The fourth-order valence-corrected chi connectivity index (χ4v) is 3.59. The number of hydrogen-bond donors (Lipinski definition) is 1. The first-order valence-corrected chi connectivity index (χ1v) is 9.03. The number of benzene rings is 3. The van der Waals surface area contributed by atoms with Crippen LogP contribution in [0.3, 0.4) is 0 Å². The van der Waals surface area contributed by atoms with Crippen molar-refractivity contribution in [3.05, 3.63) is 86.0 Å². The predicted octanol–water partition coefficient (Wildman–Crippen LogP) is 4.22. The summed E-state index contributed by atoms with van der Waals surface area (Å²) in [5, 5.41) is 25.0. The number of rotatable bonds is 4. The number of esters is 1. The van der Waals surface area contributed by atoms with Crippen molar-refractivity contribution in [2.24, 2.45) is 0 Å². The van der Waals surface area contributed by atoms with Crippen molar-refractivity contribution in [2.45, 2.75) is 11.8 Å². The molecule has 10 nitrogen and oxygen atoms in total. The second-order valence-corrected chi connectivity index (χ2v) is 6.98. The molecule has 168 valence electrons. The van der Waals surface area contributed by atoms with Gasteiger partial charge in [0.2, 0.25) is 0 Å². The fraction of sp³-hybridized carbons (Fsp3) is 0.100. The molecule has 1 N–H and O–H groups in total. The summed E-state index contributed by atoms with van der Waals surface area (Å²) in [6.45, 7) is 0. The van der Waals surface area contributed by atoms with E-state index in [1.165, 1.54) is 18.2 Å². The maximum atomic E-state index is 14.3. The van der Waals surface area contributed by atoms with E-state index in [-0.39, 0.29) is 11.1 Å². The molecule has 1 aliphatic rings. The monoisotopic (exact) mass is 461 g/mol. The zero-order chi connectivity index (χ0) is 24.1. The van der Waals surface area contributed by atoms with Gasteiger partial charge in [0.25, 0.3) is 17.3 Å². The van der Waals surface area contributed by atoms with Crippen LogP contribution in [0.25, 0.3) is 10.8 Å². The van der Waals surface area contributed by atoms with E-state index in [9.17, 15) is 43.0 Å². The topological polar surface area (TPSA) is 142 Å². The second-order valence-electron chi connectivity index (χ2n) is 6.98. The molecule has 0 aliphatic carbocycles. The number of carbonyl (C=O) groups excluding carboxylic acids is 2. The van der Waals surface area contributed by atoms with Crippen molar-refractivity contribution >= 4 is 39.7 Å². The number of non-ortho nitro benzene ring substituents is 2. The molecule has 0 saturated carbocycles. The Morgan fingerprint density at radius 3 is 2.15 bits per heavy atom. The number of hydrogen-bond acceptors (Lipinski definition) is 7. The number of nitro benzene ring substituents is 2. The van der Waals surface area contributed by atoms with Gasteiger partial charge in [-0.25, -0.2) is 4.79 Å². The smallest absolute Gasteiger partial charge is 0.430 e. The van der Waals surface area contributed by atoms with E-state index in [0.717, 1.165) is 6.07 Å². The van der Waals surface area contributed by atoms with Gasteiger partial charge in [0.05, 0.1) is 27.2 Å².